The minimum absolute atomic E-state index is 0.679. The summed E-state index contributed by atoms with van der Waals surface area (Å²) in [5.74, 6) is 0. The SMILES string of the molecule is CCCCCC(=CC=Cc1ccc(N(c2ccc(C=O)cc2)c2ccc(C=CC=C(CCCCC)CCCCC)cc2)cc1)CCCCC. The van der Waals surface area contributed by atoms with Gasteiger partial charge in [-0.25, -0.2) is 0 Å². The average molecular weight is 658 g/mol. The van der Waals surface area contributed by atoms with Crippen molar-refractivity contribution in [2.45, 2.75) is 130 Å². The molecular formula is C47H63NO. The third-order valence-corrected chi connectivity index (χ3v) is 9.24. The number of nitrogens with zero attached hydrogens (tertiary/aromatic N) is 1. The maximum atomic E-state index is 11.4. The zero-order valence-corrected chi connectivity index (χ0v) is 31.1. The van der Waals surface area contributed by atoms with Crippen LogP contribution in [0.3, 0.4) is 0 Å². The van der Waals surface area contributed by atoms with Gasteiger partial charge < -0.3 is 4.90 Å². The number of anilines is 3. The van der Waals surface area contributed by atoms with Crippen molar-refractivity contribution in [1.82, 2.24) is 0 Å². The van der Waals surface area contributed by atoms with Gasteiger partial charge in [-0.15, -0.1) is 0 Å². The van der Waals surface area contributed by atoms with E-state index in [1.807, 2.05) is 24.3 Å². The Hall–Kier alpha value is -3.91. The molecule has 2 heteroatoms. The van der Waals surface area contributed by atoms with Crippen LogP contribution < -0.4 is 4.90 Å². The summed E-state index contributed by atoms with van der Waals surface area (Å²) in [6.45, 7) is 9.10. The summed E-state index contributed by atoms with van der Waals surface area (Å²) < 4.78 is 0. The molecular weight excluding hydrogens is 595 g/mol. The van der Waals surface area contributed by atoms with E-state index in [4.69, 9.17) is 0 Å². The van der Waals surface area contributed by atoms with Crippen LogP contribution in [0, 0.1) is 0 Å². The maximum Gasteiger partial charge on any atom is 0.150 e. The second kappa shape index (κ2) is 24.3. The predicted octanol–water partition coefficient (Wildman–Crippen LogP) is 15.2. The van der Waals surface area contributed by atoms with E-state index in [-0.39, 0.29) is 0 Å². The van der Waals surface area contributed by atoms with Crippen LogP contribution in [-0.2, 0) is 0 Å². The number of unbranched alkanes of at least 4 members (excludes halogenated alkanes) is 8. The van der Waals surface area contributed by atoms with Gasteiger partial charge in [0.05, 0.1) is 0 Å². The van der Waals surface area contributed by atoms with E-state index in [1.165, 1.54) is 114 Å². The highest BCUT2D eigenvalue weighted by Crippen LogP contribution is 2.35. The van der Waals surface area contributed by atoms with Gasteiger partial charge >= 0.3 is 0 Å². The number of benzene rings is 3. The van der Waals surface area contributed by atoms with Gasteiger partial charge in [-0.1, -0.05) is 151 Å². The number of aldehydes is 1. The van der Waals surface area contributed by atoms with Gasteiger partial charge in [0.1, 0.15) is 6.29 Å². The molecule has 0 amide bonds. The van der Waals surface area contributed by atoms with E-state index >= 15 is 0 Å². The van der Waals surface area contributed by atoms with Crippen molar-refractivity contribution in [2.24, 2.45) is 0 Å². The van der Waals surface area contributed by atoms with E-state index in [0.29, 0.717) is 5.56 Å². The van der Waals surface area contributed by atoms with E-state index in [1.54, 1.807) is 11.1 Å². The fourth-order valence-corrected chi connectivity index (χ4v) is 6.20. The van der Waals surface area contributed by atoms with Crippen LogP contribution in [0.25, 0.3) is 12.2 Å². The first-order chi connectivity index (χ1) is 24.1. The lowest BCUT2D eigenvalue weighted by Gasteiger charge is -2.25. The number of carbonyl (C=O) groups is 1. The second-order valence-electron chi connectivity index (χ2n) is 13.4. The molecule has 0 unspecified atom stereocenters. The second-order valence-corrected chi connectivity index (χ2v) is 13.4. The van der Waals surface area contributed by atoms with Gasteiger partial charge in [-0.2, -0.15) is 0 Å². The summed E-state index contributed by atoms with van der Waals surface area (Å²) in [4.78, 5) is 13.6. The lowest BCUT2D eigenvalue weighted by atomic mass is 10.0. The summed E-state index contributed by atoms with van der Waals surface area (Å²) in [6, 6.07) is 25.4. The van der Waals surface area contributed by atoms with Crippen molar-refractivity contribution >= 4 is 35.5 Å². The number of hydrogen-bond acceptors (Lipinski definition) is 2. The fraction of sp³-hybridized carbons (Fsp3) is 0.426. The van der Waals surface area contributed by atoms with Crippen LogP contribution in [0.5, 0.6) is 0 Å². The molecule has 262 valence electrons. The summed E-state index contributed by atoms with van der Waals surface area (Å²) in [5, 5.41) is 0. The summed E-state index contributed by atoms with van der Waals surface area (Å²) in [5.41, 5.74) is 9.41. The minimum Gasteiger partial charge on any atom is -0.311 e. The molecule has 0 atom stereocenters. The highest BCUT2D eigenvalue weighted by atomic mass is 16.1. The largest absolute Gasteiger partial charge is 0.311 e. The van der Waals surface area contributed by atoms with Crippen molar-refractivity contribution in [3.8, 4) is 0 Å². The predicted molar refractivity (Wildman–Crippen MR) is 217 cm³/mol. The highest BCUT2D eigenvalue weighted by molar-refractivity contribution is 5.81. The number of allylic oxidation sites excluding steroid dienone is 6. The molecule has 0 radical (unpaired) electrons. The molecule has 0 aliphatic rings. The van der Waals surface area contributed by atoms with Gasteiger partial charge in [0.2, 0.25) is 0 Å². The van der Waals surface area contributed by atoms with Gasteiger partial charge in [0.15, 0.2) is 0 Å². The molecule has 0 spiro atoms. The molecule has 0 aliphatic carbocycles. The Balaban J connectivity index is 1.81. The Morgan fingerprint density at radius 1 is 0.449 bits per heavy atom. The molecule has 0 bridgehead atoms. The van der Waals surface area contributed by atoms with E-state index < -0.39 is 0 Å². The fourth-order valence-electron chi connectivity index (χ4n) is 6.20. The topological polar surface area (TPSA) is 20.3 Å². The van der Waals surface area contributed by atoms with E-state index in [0.717, 1.165) is 23.3 Å². The van der Waals surface area contributed by atoms with Gasteiger partial charge in [0.25, 0.3) is 0 Å². The molecule has 0 aliphatic heterocycles. The summed E-state index contributed by atoms with van der Waals surface area (Å²) in [6.07, 6.45) is 34.8. The Morgan fingerprint density at radius 3 is 1.04 bits per heavy atom. The van der Waals surface area contributed by atoms with Crippen molar-refractivity contribution in [2.75, 3.05) is 4.90 Å². The van der Waals surface area contributed by atoms with Crippen LogP contribution in [0.15, 0.2) is 108 Å². The quantitative estimate of drug-likeness (QED) is 0.0543. The third kappa shape index (κ3) is 15.0. The molecule has 0 N–H and O–H groups in total. The molecule has 0 saturated heterocycles. The Bertz CT molecular complexity index is 1330. The zero-order valence-electron chi connectivity index (χ0n) is 31.1. The molecule has 3 aromatic carbocycles. The molecule has 3 aromatic rings. The molecule has 3 rings (SSSR count). The maximum absolute atomic E-state index is 11.4. The van der Waals surface area contributed by atoms with Crippen LogP contribution in [-0.4, -0.2) is 6.29 Å². The number of hydrogen-bond donors (Lipinski definition) is 0. The van der Waals surface area contributed by atoms with Crippen LogP contribution in [0.1, 0.15) is 152 Å². The minimum atomic E-state index is 0.679. The van der Waals surface area contributed by atoms with Crippen molar-refractivity contribution in [1.29, 1.82) is 0 Å². The smallest absolute Gasteiger partial charge is 0.150 e. The first kappa shape index (κ1) is 39.5. The van der Waals surface area contributed by atoms with Crippen LogP contribution in [0.2, 0.25) is 0 Å². The van der Waals surface area contributed by atoms with E-state index in [2.05, 4.69) is 118 Å². The highest BCUT2D eigenvalue weighted by Gasteiger charge is 2.12. The van der Waals surface area contributed by atoms with Crippen molar-refractivity contribution in [3.63, 3.8) is 0 Å². The Kier molecular flexibility index (Phi) is 19.6. The summed E-state index contributed by atoms with van der Waals surface area (Å²) in [7, 11) is 0. The third-order valence-electron chi connectivity index (χ3n) is 9.24. The number of carbonyl (C=O) groups excluding carboxylic acids is 1. The molecule has 0 heterocycles. The van der Waals surface area contributed by atoms with Gasteiger partial charge in [-0.05, 0) is 111 Å². The molecule has 0 aromatic heterocycles. The van der Waals surface area contributed by atoms with E-state index in [9.17, 15) is 4.79 Å². The van der Waals surface area contributed by atoms with Crippen LogP contribution >= 0.6 is 0 Å². The molecule has 49 heavy (non-hydrogen) atoms. The monoisotopic (exact) mass is 657 g/mol. The average Bonchev–Trinajstić information content (AvgIpc) is 3.13. The number of rotatable bonds is 24. The summed E-state index contributed by atoms with van der Waals surface area (Å²) >= 11 is 0. The first-order valence-corrected chi connectivity index (χ1v) is 19.4. The molecule has 2 nitrogen and oxygen atoms in total. The molecule has 0 saturated carbocycles. The Morgan fingerprint density at radius 2 is 0.755 bits per heavy atom. The van der Waals surface area contributed by atoms with Gasteiger partial charge in [0, 0.05) is 22.6 Å². The van der Waals surface area contributed by atoms with Crippen molar-refractivity contribution in [3.05, 3.63) is 125 Å². The van der Waals surface area contributed by atoms with Gasteiger partial charge in [-0.3, -0.25) is 4.79 Å². The Labute approximate surface area is 299 Å². The zero-order chi connectivity index (χ0) is 34.9. The standard InChI is InChI=1S/C47H63NO/c1-5-9-13-19-40(20-14-10-6-2)23-17-25-42-27-33-45(34-28-42)48(47-37-31-44(39-49)32-38-47)46-35-29-43(30-36-46)26-18-24-41(21-15-11-7-3)22-16-12-8-4/h17-18,23-39H,5-16,19-22H2,1-4H3. The lowest BCUT2D eigenvalue weighted by molar-refractivity contribution is 0.112. The molecule has 0 fully saturated rings. The first-order valence-electron chi connectivity index (χ1n) is 19.4. The lowest BCUT2D eigenvalue weighted by Crippen LogP contribution is -2.10. The normalized spacial score (nSPS) is 11.3. The van der Waals surface area contributed by atoms with Crippen molar-refractivity contribution < 1.29 is 4.79 Å². The van der Waals surface area contributed by atoms with Crippen LogP contribution in [0.4, 0.5) is 17.1 Å².